The Hall–Kier alpha value is -0.600. The van der Waals surface area contributed by atoms with Crippen molar-refractivity contribution in [1.82, 2.24) is 5.32 Å². The van der Waals surface area contributed by atoms with Crippen molar-refractivity contribution in [3.05, 3.63) is 34.6 Å². The molecule has 13 heavy (non-hydrogen) atoms. The summed E-state index contributed by atoms with van der Waals surface area (Å²) >= 11 is 5.83. The van der Waals surface area contributed by atoms with Gasteiger partial charge in [-0.2, -0.15) is 0 Å². The van der Waals surface area contributed by atoms with E-state index in [0.717, 1.165) is 18.5 Å². The van der Waals surface area contributed by atoms with Crippen LogP contribution in [-0.2, 0) is 6.54 Å². The SMILES string of the molecule is CCCNCc1ccc(F)cc1Cl. The molecular formula is C10H13ClFN. The smallest absolute Gasteiger partial charge is 0.124 e. The van der Waals surface area contributed by atoms with Crippen LogP contribution >= 0.6 is 11.6 Å². The first-order chi connectivity index (χ1) is 6.24. The predicted molar refractivity (Wildman–Crippen MR) is 53.4 cm³/mol. The van der Waals surface area contributed by atoms with E-state index in [0.29, 0.717) is 11.6 Å². The van der Waals surface area contributed by atoms with Crippen molar-refractivity contribution in [2.45, 2.75) is 19.9 Å². The third-order valence-electron chi connectivity index (χ3n) is 1.76. The highest BCUT2D eigenvalue weighted by Gasteiger charge is 2.00. The van der Waals surface area contributed by atoms with Gasteiger partial charge in [-0.1, -0.05) is 24.6 Å². The lowest BCUT2D eigenvalue weighted by Crippen LogP contribution is -2.14. The van der Waals surface area contributed by atoms with Gasteiger partial charge in [0.1, 0.15) is 5.82 Å². The Labute approximate surface area is 82.9 Å². The molecule has 0 saturated heterocycles. The molecular weight excluding hydrogens is 189 g/mol. The second-order valence-electron chi connectivity index (χ2n) is 2.91. The lowest BCUT2D eigenvalue weighted by atomic mass is 10.2. The zero-order chi connectivity index (χ0) is 9.68. The second-order valence-corrected chi connectivity index (χ2v) is 3.32. The molecule has 72 valence electrons. The molecule has 0 aliphatic heterocycles. The first-order valence-corrected chi connectivity index (χ1v) is 4.76. The van der Waals surface area contributed by atoms with E-state index in [1.54, 1.807) is 6.07 Å². The summed E-state index contributed by atoms with van der Waals surface area (Å²) in [5, 5.41) is 3.69. The summed E-state index contributed by atoms with van der Waals surface area (Å²) in [6.45, 7) is 3.75. The average Bonchev–Trinajstić information content (AvgIpc) is 2.09. The van der Waals surface area contributed by atoms with Crippen LogP contribution in [0.1, 0.15) is 18.9 Å². The van der Waals surface area contributed by atoms with Gasteiger partial charge in [0.05, 0.1) is 0 Å². The minimum absolute atomic E-state index is 0.288. The summed E-state index contributed by atoms with van der Waals surface area (Å²) in [6.07, 6.45) is 1.08. The van der Waals surface area contributed by atoms with Crippen molar-refractivity contribution >= 4 is 11.6 Å². The van der Waals surface area contributed by atoms with Crippen LogP contribution in [0, 0.1) is 5.82 Å². The highest BCUT2D eigenvalue weighted by molar-refractivity contribution is 6.31. The van der Waals surface area contributed by atoms with E-state index in [1.807, 2.05) is 0 Å². The molecule has 3 heteroatoms. The molecule has 1 aromatic carbocycles. The van der Waals surface area contributed by atoms with Gasteiger partial charge in [0, 0.05) is 11.6 Å². The van der Waals surface area contributed by atoms with E-state index in [-0.39, 0.29) is 5.82 Å². The molecule has 0 aliphatic rings. The molecule has 0 aromatic heterocycles. The van der Waals surface area contributed by atoms with Crippen LogP contribution < -0.4 is 5.32 Å². The summed E-state index contributed by atoms with van der Waals surface area (Å²) < 4.78 is 12.6. The van der Waals surface area contributed by atoms with Gasteiger partial charge in [0.25, 0.3) is 0 Å². The van der Waals surface area contributed by atoms with Crippen molar-refractivity contribution in [2.24, 2.45) is 0 Å². The Morgan fingerprint density at radius 1 is 1.46 bits per heavy atom. The van der Waals surface area contributed by atoms with Crippen LogP contribution in [0.3, 0.4) is 0 Å². The molecule has 0 amide bonds. The van der Waals surface area contributed by atoms with Crippen LogP contribution in [0.5, 0.6) is 0 Å². The van der Waals surface area contributed by atoms with Crippen LogP contribution in [0.25, 0.3) is 0 Å². The van der Waals surface area contributed by atoms with Crippen molar-refractivity contribution < 1.29 is 4.39 Å². The highest BCUT2D eigenvalue weighted by Crippen LogP contribution is 2.16. The molecule has 1 nitrogen and oxygen atoms in total. The molecule has 1 N–H and O–H groups in total. The van der Waals surface area contributed by atoms with Crippen LogP contribution in [0.15, 0.2) is 18.2 Å². The summed E-state index contributed by atoms with van der Waals surface area (Å²) in [6, 6.07) is 4.47. The molecule has 0 atom stereocenters. The molecule has 1 rings (SSSR count). The van der Waals surface area contributed by atoms with E-state index < -0.39 is 0 Å². The maximum absolute atomic E-state index is 12.6. The maximum Gasteiger partial charge on any atom is 0.124 e. The zero-order valence-corrected chi connectivity index (χ0v) is 8.37. The number of halogens is 2. The Morgan fingerprint density at radius 3 is 2.85 bits per heavy atom. The zero-order valence-electron chi connectivity index (χ0n) is 7.61. The fraction of sp³-hybridized carbons (Fsp3) is 0.400. The average molecular weight is 202 g/mol. The number of hydrogen-bond donors (Lipinski definition) is 1. The van der Waals surface area contributed by atoms with Gasteiger partial charge in [-0.05, 0) is 30.7 Å². The van der Waals surface area contributed by atoms with Crippen molar-refractivity contribution in [3.63, 3.8) is 0 Å². The fourth-order valence-corrected chi connectivity index (χ4v) is 1.30. The molecule has 0 aliphatic carbocycles. The number of hydrogen-bond acceptors (Lipinski definition) is 1. The van der Waals surface area contributed by atoms with Gasteiger partial charge >= 0.3 is 0 Å². The first-order valence-electron chi connectivity index (χ1n) is 4.38. The Kier molecular flexibility index (Phi) is 4.19. The van der Waals surface area contributed by atoms with Gasteiger partial charge in [0.2, 0.25) is 0 Å². The van der Waals surface area contributed by atoms with E-state index >= 15 is 0 Å². The van der Waals surface area contributed by atoms with E-state index in [2.05, 4.69) is 12.2 Å². The lowest BCUT2D eigenvalue weighted by molar-refractivity contribution is 0.624. The third kappa shape index (κ3) is 3.33. The molecule has 0 saturated carbocycles. The molecule has 0 heterocycles. The summed E-state index contributed by atoms with van der Waals surface area (Å²) in [4.78, 5) is 0. The van der Waals surface area contributed by atoms with Gasteiger partial charge in [-0.15, -0.1) is 0 Å². The quantitative estimate of drug-likeness (QED) is 0.739. The monoisotopic (exact) mass is 201 g/mol. The molecule has 0 bridgehead atoms. The Bertz CT molecular complexity index is 276. The number of nitrogens with one attached hydrogen (secondary N) is 1. The van der Waals surface area contributed by atoms with Crippen molar-refractivity contribution in [2.75, 3.05) is 6.54 Å². The lowest BCUT2D eigenvalue weighted by Gasteiger charge is -2.05. The topological polar surface area (TPSA) is 12.0 Å². The molecule has 0 fully saturated rings. The van der Waals surface area contributed by atoms with Crippen molar-refractivity contribution in [1.29, 1.82) is 0 Å². The second kappa shape index (κ2) is 5.20. The minimum Gasteiger partial charge on any atom is -0.313 e. The molecule has 0 unspecified atom stereocenters. The minimum atomic E-state index is -0.288. The third-order valence-corrected chi connectivity index (χ3v) is 2.11. The Balaban J connectivity index is 2.56. The van der Waals surface area contributed by atoms with Gasteiger partial charge in [-0.25, -0.2) is 4.39 Å². The van der Waals surface area contributed by atoms with E-state index in [9.17, 15) is 4.39 Å². The maximum atomic E-state index is 12.6. The van der Waals surface area contributed by atoms with Crippen LogP contribution in [0.4, 0.5) is 4.39 Å². The fourth-order valence-electron chi connectivity index (χ4n) is 1.06. The van der Waals surface area contributed by atoms with Crippen LogP contribution in [-0.4, -0.2) is 6.54 Å². The first kappa shape index (κ1) is 10.5. The summed E-state index contributed by atoms with van der Waals surface area (Å²) in [7, 11) is 0. The number of rotatable bonds is 4. The van der Waals surface area contributed by atoms with E-state index in [1.165, 1.54) is 12.1 Å². The van der Waals surface area contributed by atoms with E-state index in [4.69, 9.17) is 11.6 Å². The van der Waals surface area contributed by atoms with Gasteiger partial charge in [-0.3, -0.25) is 0 Å². The molecule has 0 radical (unpaired) electrons. The Morgan fingerprint density at radius 2 is 2.23 bits per heavy atom. The molecule has 1 aromatic rings. The predicted octanol–water partition coefficient (Wildman–Crippen LogP) is 2.98. The summed E-state index contributed by atoms with van der Waals surface area (Å²) in [5.74, 6) is -0.288. The van der Waals surface area contributed by atoms with Gasteiger partial charge in [0.15, 0.2) is 0 Å². The summed E-state index contributed by atoms with van der Waals surface area (Å²) in [5.41, 5.74) is 0.941. The largest absolute Gasteiger partial charge is 0.313 e. The van der Waals surface area contributed by atoms with Gasteiger partial charge < -0.3 is 5.32 Å². The standard InChI is InChI=1S/C10H13ClFN/c1-2-5-13-7-8-3-4-9(12)6-10(8)11/h3-4,6,13H,2,5,7H2,1H3. The van der Waals surface area contributed by atoms with Crippen LogP contribution in [0.2, 0.25) is 5.02 Å². The number of benzene rings is 1. The molecule has 0 spiro atoms. The van der Waals surface area contributed by atoms with Crippen molar-refractivity contribution in [3.8, 4) is 0 Å². The highest BCUT2D eigenvalue weighted by atomic mass is 35.5. The normalized spacial score (nSPS) is 10.4.